The van der Waals surface area contributed by atoms with Crippen LogP contribution in [0, 0.1) is 0 Å². The number of hydrogen-bond donors (Lipinski definition) is 0. The lowest BCUT2D eigenvalue weighted by Crippen LogP contribution is -2.47. The third kappa shape index (κ3) is 6.90. The maximum absolute atomic E-state index is 12.8. The molecule has 0 aliphatic carbocycles. The first kappa shape index (κ1) is 26.1. The summed E-state index contributed by atoms with van der Waals surface area (Å²) >= 11 is 8.25. The Morgan fingerprint density at radius 2 is 1.81 bits per heavy atom. The maximum atomic E-state index is 12.8. The van der Waals surface area contributed by atoms with Gasteiger partial charge in [0.25, 0.3) is 11.1 Å². The molecule has 0 saturated carbocycles. The summed E-state index contributed by atoms with van der Waals surface area (Å²) in [4.78, 5) is 28.0. The van der Waals surface area contributed by atoms with Crippen LogP contribution >= 0.6 is 40.0 Å². The third-order valence-corrected chi connectivity index (χ3v) is 6.76. The second kappa shape index (κ2) is 11.6. The Kier molecular flexibility index (Phi) is 9.78. The third-order valence-electron chi connectivity index (χ3n) is 4.56. The molecule has 1 unspecified atom stereocenters. The normalized spacial score (nSPS) is 15.3. The molecule has 0 aromatic carbocycles. The number of halogens is 5. The second-order valence-electron chi connectivity index (χ2n) is 6.47. The predicted octanol–water partition coefficient (Wildman–Crippen LogP) is 3.76. The van der Waals surface area contributed by atoms with Gasteiger partial charge in [-0.15, -0.1) is 0 Å². The first-order chi connectivity index (χ1) is 14.7. The van der Waals surface area contributed by atoms with Gasteiger partial charge in [0.2, 0.25) is 0 Å². The Balaban J connectivity index is 0.00000166. The van der Waals surface area contributed by atoms with Crippen LogP contribution in [0.5, 0.6) is 0 Å². The van der Waals surface area contributed by atoms with Gasteiger partial charge < -0.3 is 9.47 Å². The van der Waals surface area contributed by atoms with Crippen molar-refractivity contribution in [2.45, 2.75) is 33.1 Å². The maximum Gasteiger partial charge on any atom is 0.406 e. The Hall–Kier alpha value is -1.17. The molecule has 1 aliphatic rings. The van der Waals surface area contributed by atoms with Crippen LogP contribution in [0.15, 0.2) is 34.0 Å². The summed E-state index contributed by atoms with van der Waals surface area (Å²) in [5.41, 5.74) is -0.155. The van der Waals surface area contributed by atoms with Gasteiger partial charge in [-0.1, -0.05) is 31.5 Å². The minimum absolute atomic E-state index is 0.111. The average Bonchev–Trinajstić information content (AvgIpc) is 2.74. The topological polar surface area (TPSA) is 63.4 Å². The zero-order chi connectivity index (χ0) is 23.2. The smallest absolute Gasteiger partial charge is 0.366 e. The Morgan fingerprint density at radius 1 is 1.16 bits per heavy atom. The fourth-order valence-electron chi connectivity index (χ4n) is 3.14. The minimum atomic E-state index is -4.47. The van der Waals surface area contributed by atoms with E-state index in [9.17, 15) is 22.8 Å². The van der Waals surface area contributed by atoms with Gasteiger partial charge in [0.1, 0.15) is 11.6 Å². The van der Waals surface area contributed by atoms with Gasteiger partial charge in [0, 0.05) is 44.5 Å². The number of rotatable bonds is 5. The van der Waals surface area contributed by atoms with Crippen LogP contribution in [0.1, 0.15) is 19.5 Å². The van der Waals surface area contributed by atoms with Crippen LogP contribution in [-0.4, -0.2) is 51.4 Å². The summed E-state index contributed by atoms with van der Waals surface area (Å²) < 4.78 is 40.5. The lowest BCUT2D eigenvalue weighted by atomic mass is 10.2. The summed E-state index contributed by atoms with van der Waals surface area (Å²) in [6.45, 7) is 5.08. The SMILES string of the molecule is CC.O=c1c(Cl)c(N2CCN(Cc3cccc(=O)n3CC(F)(F)F)CC2)cnn1PI. The van der Waals surface area contributed by atoms with Gasteiger partial charge in [0.05, 0.1) is 18.3 Å². The van der Waals surface area contributed by atoms with E-state index in [1.807, 2.05) is 45.7 Å². The van der Waals surface area contributed by atoms with Gasteiger partial charge in [-0.05, 0) is 28.1 Å². The Bertz CT molecular complexity index is 993. The molecule has 0 spiro atoms. The van der Waals surface area contributed by atoms with Crippen molar-refractivity contribution >= 4 is 45.7 Å². The molecule has 1 fully saturated rings. The van der Waals surface area contributed by atoms with Crippen molar-refractivity contribution in [1.82, 2.24) is 19.0 Å². The van der Waals surface area contributed by atoms with Gasteiger partial charge in [-0.2, -0.15) is 18.3 Å². The van der Waals surface area contributed by atoms with Crippen molar-refractivity contribution in [3.8, 4) is 0 Å². The van der Waals surface area contributed by atoms with E-state index < -0.39 is 18.3 Å². The molecule has 13 heteroatoms. The number of anilines is 1. The van der Waals surface area contributed by atoms with Crippen LogP contribution in [0.4, 0.5) is 18.9 Å². The number of hydrogen-bond acceptors (Lipinski definition) is 5. The van der Waals surface area contributed by atoms with E-state index in [2.05, 4.69) is 5.10 Å². The number of aromatic nitrogens is 3. The van der Waals surface area contributed by atoms with Crippen LogP contribution in [0.2, 0.25) is 5.02 Å². The first-order valence-corrected chi connectivity index (χ1v) is 14.0. The fourth-order valence-corrected chi connectivity index (χ4v) is 4.78. The average molecular weight is 592 g/mol. The highest BCUT2D eigenvalue weighted by Crippen LogP contribution is 2.26. The molecule has 3 heterocycles. The van der Waals surface area contributed by atoms with Crippen molar-refractivity contribution < 1.29 is 13.2 Å². The molecular formula is C18H23ClF3IN5O2P. The molecule has 2 aromatic rings. The first-order valence-electron chi connectivity index (χ1n) is 9.57. The van der Waals surface area contributed by atoms with E-state index in [1.54, 1.807) is 6.20 Å². The van der Waals surface area contributed by atoms with E-state index in [4.69, 9.17) is 11.6 Å². The highest BCUT2D eigenvalue weighted by molar-refractivity contribution is 14.2. The highest BCUT2D eigenvalue weighted by Gasteiger charge is 2.30. The monoisotopic (exact) mass is 591 g/mol. The zero-order valence-corrected chi connectivity index (χ0v) is 20.9. The molecule has 0 N–H and O–H groups in total. The van der Waals surface area contributed by atoms with Crippen LogP contribution in [0.3, 0.4) is 0 Å². The molecule has 1 atom stereocenters. The van der Waals surface area contributed by atoms with Crippen molar-refractivity contribution in [3.05, 3.63) is 55.8 Å². The molecule has 7 nitrogen and oxygen atoms in total. The summed E-state index contributed by atoms with van der Waals surface area (Å²) in [5.74, 6) is 0. The summed E-state index contributed by atoms with van der Waals surface area (Å²) in [7, 11) is 0. The summed E-state index contributed by atoms with van der Waals surface area (Å²) in [6.07, 6.45) is -2.76. The molecule has 0 amide bonds. The van der Waals surface area contributed by atoms with E-state index in [0.29, 0.717) is 37.6 Å². The lowest BCUT2D eigenvalue weighted by molar-refractivity contribution is -0.141. The number of nitrogens with zero attached hydrogens (tertiary/aromatic N) is 5. The predicted molar refractivity (Wildman–Crippen MR) is 127 cm³/mol. The molecule has 3 rings (SSSR count). The number of alkyl halides is 3. The zero-order valence-electron chi connectivity index (χ0n) is 17.0. The van der Waals surface area contributed by atoms with E-state index >= 15 is 0 Å². The Morgan fingerprint density at radius 3 is 2.39 bits per heavy atom. The van der Waals surface area contributed by atoms with Crippen molar-refractivity contribution in [2.75, 3.05) is 31.1 Å². The van der Waals surface area contributed by atoms with E-state index in [1.165, 1.54) is 16.6 Å². The van der Waals surface area contributed by atoms with Crippen molar-refractivity contribution in [1.29, 1.82) is 0 Å². The molecule has 0 bridgehead atoms. The molecule has 31 heavy (non-hydrogen) atoms. The van der Waals surface area contributed by atoms with Crippen LogP contribution < -0.4 is 16.0 Å². The van der Waals surface area contributed by atoms with Crippen molar-refractivity contribution in [3.63, 3.8) is 0 Å². The van der Waals surface area contributed by atoms with Crippen LogP contribution in [-0.2, 0) is 13.1 Å². The van der Waals surface area contributed by atoms with Gasteiger partial charge in [-0.3, -0.25) is 14.5 Å². The minimum Gasteiger partial charge on any atom is -0.366 e. The fraction of sp³-hybridized carbons (Fsp3) is 0.500. The number of piperazine rings is 1. The standard InChI is InChI=1S/C16H17ClF3IN5O2P.C2H6/c17-14-12(8-22-26(29-21)15(14)28)24-6-4-23(5-7-24)9-11-2-1-3-13(27)25(11)10-16(18,19)20;1-2/h1-3,8,29H,4-7,9-10H2;1-2H3. The molecule has 0 radical (unpaired) electrons. The highest BCUT2D eigenvalue weighted by atomic mass is 127. The van der Waals surface area contributed by atoms with Crippen LogP contribution in [0.25, 0.3) is 0 Å². The largest absolute Gasteiger partial charge is 0.406 e. The quantitative estimate of drug-likeness (QED) is 0.392. The van der Waals surface area contributed by atoms with E-state index in [0.717, 1.165) is 10.6 Å². The Labute approximate surface area is 197 Å². The van der Waals surface area contributed by atoms with Crippen molar-refractivity contribution in [2.24, 2.45) is 0 Å². The molecule has 1 saturated heterocycles. The molecule has 172 valence electrons. The van der Waals surface area contributed by atoms with E-state index in [-0.39, 0.29) is 23.5 Å². The second-order valence-corrected chi connectivity index (χ2v) is 8.88. The van der Waals surface area contributed by atoms with Gasteiger partial charge in [0.15, 0.2) is 0 Å². The molecular weight excluding hydrogens is 569 g/mol. The summed E-state index contributed by atoms with van der Waals surface area (Å²) in [5, 5.41) is 4.21. The van der Waals surface area contributed by atoms with Gasteiger partial charge >= 0.3 is 6.18 Å². The van der Waals surface area contributed by atoms with Gasteiger partial charge in [-0.25, -0.2) is 4.45 Å². The molecule has 2 aromatic heterocycles. The lowest BCUT2D eigenvalue weighted by Gasteiger charge is -2.36. The number of pyridine rings is 1. The molecule has 1 aliphatic heterocycles. The summed E-state index contributed by atoms with van der Waals surface area (Å²) in [6, 6.07) is 4.13.